The number of rotatable bonds is 4. The van der Waals surface area contributed by atoms with Crippen LogP contribution in [0.5, 0.6) is 0 Å². The third kappa shape index (κ3) is 3.08. The van der Waals surface area contributed by atoms with Crippen molar-refractivity contribution in [2.24, 2.45) is 0 Å². The zero-order valence-electron chi connectivity index (χ0n) is 7.99. The van der Waals surface area contributed by atoms with Crippen LogP contribution in [0.2, 0.25) is 0 Å². The Hall–Kier alpha value is -0.950. The SMILES string of the molecule is C#CCCCCN1C(=O)CSCC1=O. The van der Waals surface area contributed by atoms with Crippen molar-refractivity contribution >= 4 is 23.6 Å². The first-order valence-electron chi connectivity index (χ1n) is 4.60. The summed E-state index contributed by atoms with van der Waals surface area (Å²) < 4.78 is 0. The number of unbranched alkanes of at least 4 members (excludes halogenated alkanes) is 2. The van der Waals surface area contributed by atoms with Crippen LogP contribution in [0.3, 0.4) is 0 Å². The van der Waals surface area contributed by atoms with Gasteiger partial charge in [0.2, 0.25) is 11.8 Å². The lowest BCUT2D eigenvalue weighted by molar-refractivity contribution is -0.142. The first-order chi connectivity index (χ1) is 6.75. The predicted octanol–water partition coefficient (Wildman–Crippen LogP) is 0.892. The first-order valence-corrected chi connectivity index (χ1v) is 5.75. The second kappa shape index (κ2) is 5.71. The van der Waals surface area contributed by atoms with Crippen molar-refractivity contribution in [1.29, 1.82) is 0 Å². The van der Waals surface area contributed by atoms with Gasteiger partial charge in [-0.2, -0.15) is 0 Å². The number of thioether (sulfide) groups is 1. The molecule has 1 rings (SSSR count). The van der Waals surface area contributed by atoms with Crippen molar-refractivity contribution in [2.45, 2.75) is 19.3 Å². The predicted molar refractivity (Wildman–Crippen MR) is 56.7 cm³/mol. The molecule has 1 saturated heterocycles. The van der Waals surface area contributed by atoms with E-state index in [2.05, 4.69) is 5.92 Å². The Kier molecular flexibility index (Phi) is 4.54. The molecule has 0 atom stereocenters. The number of hydrogen-bond acceptors (Lipinski definition) is 3. The standard InChI is InChI=1S/C10H13NO2S/c1-2-3-4-5-6-11-9(12)7-14-8-10(11)13/h1H,3-8H2. The van der Waals surface area contributed by atoms with E-state index in [0.29, 0.717) is 24.5 Å². The average Bonchev–Trinajstić information content (AvgIpc) is 2.16. The van der Waals surface area contributed by atoms with Crippen molar-refractivity contribution < 1.29 is 9.59 Å². The number of imide groups is 1. The molecular weight excluding hydrogens is 198 g/mol. The summed E-state index contributed by atoms with van der Waals surface area (Å²) in [5, 5.41) is 0. The van der Waals surface area contributed by atoms with Gasteiger partial charge < -0.3 is 0 Å². The quantitative estimate of drug-likeness (QED) is 0.394. The van der Waals surface area contributed by atoms with E-state index in [9.17, 15) is 9.59 Å². The van der Waals surface area contributed by atoms with Crippen molar-refractivity contribution in [3.05, 3.63) is 0 Å². The van der Waals surface area contributed by atoms with E-state index < -0.39 is 0 Å². The van der Waals surface area contributed by atoms with E-state index >= 15 is 0 Å². The molecule has 0 unspecified atom stereocenters. The smallest absolute Gasteiger partial charge is 0.239 e. The number of nitrogens with zero attached hydrogens (tertiary/aromatic N) is 1. The molecule has 0 bridgehead atoms. The molecule has 2 amide bonds. The van der Waals surface area contributed by atoms with Gasteiger partial charge >= 0.3 is 0 Å². The minimum absolute atomic E-state index is 0.0630. The van der Waals surface area contributed by atoms with Crippen LogP contribution in [0.4, 0.5) is 0 Å². The Bertz CT molecular complexity index is 254. The van der Waals surface area contributed by atoms with Gasteiger partial charge in [0.15, 0.2) is 0 Å². The Morgan fingerprint density at radius 2 is 1.93 bits per heavy atom. The number of carbonyl (C=O) groups is 2. The van der Waals surface area contributed by atoms with Crippen LogP contribution in [-0.4, -0.2) is 34.8 Å². The monoisotopic (exact) mass is 211 g/mol. The number of carbonyl (C=O) groups excluding carboxylic acids is 2. The molecule has 0 aromatic rings. The average molecular weight is 211 g/mol. The summed E-state index contributed by atoms with van der Waals surface area (Å²) >= 11 is 1.39. The largest absolute Gasteiger partial charge is 0.281 e. The zero-order chi connectivity index (χ0) is 10.4. The third-order valence-corrected chi connectivity index (χ3v) is 2.91. The molecule has 0 spiro atoms. The normalized spacial score (nSPS) is 16.9. The molecule has 0 aromatic heterocycles. The fourth-order valence-corrected chi connectivity index (χ4v) is 2.03. The van der Waals surface area contributed by atoms with E-state index in [1.807, 2.05) is 0 Å². The molecule has 76 valence electrons. The number of amides is 2. The maximum atomic E-state index is 11.3. The Balaban J connectivity index is 2.30. The summed E-state index contributed by atoms with van der Waals surface area (Å²) in [6.45, 7) is 0.528. The summed E-state index contributed by atoms with van der Waals surface area (Å²) in [6, 6.07) is 0. The molecule has 0 N–H and O–H groups in total. The zero-order valence-corrected chi connectivity index (χ0v) is 8.81. The van der Waals surface area contributed by atoms with Crippen LogP contribution in [0, 0.1) is 12.3 Å². The topological polar surface area (TPSA) is 37.4 Å². The maximum Gasteiger partial charge on any atom is 0.239 e. The molecule has 0 radical (unpaired) electrons. The van der Waals surface area contributed by atoms with Crippen LogP contribution in [0.15, 0.2) is 0 Å². The lowest BCUT2D eigenvalue weighted by Gasteiger charge is -2.24. The molecule has 0 aliphatic carbocycles. The summed E-state index contributed by atoms with van der Waals surface area (Å²) in [5.41, 5.74) is 0. The van der Waals surface area contributed by atoms with E-state index in [-0.39, 0.29) is 11.8 Å². The van der Waals surface area contributed by atoms with Gasteiger partial charge in [0, 0.05) is 13.0 Å². The summed E-state index contributed by atoms with van der Waals surface area (Å²) in [6.07, 6.45) is 7.50. The van der Waals surface area contributed by atoms with Crippen LogP contribution < -0.4 is 0 Å². The van der Waals surface area contributed by atoms with Crippen LogP contribution in [0.1, 0.15) is 19.3 Å². The molecule has 1 aliphatic heterocycles. The summed E-state index contributed by atoms with van der Waals surface area (Å²) in [7, 11) is 0. The highest BCUT2D eigenvalue weighted by molar-refractivity contribution is 8.00. The van der Waals surface area contributed by atoms with E-state index in [1.54, 1.807) is 0 Å². The van der Waals surface area contributed by atoms with Gasteiger partial charge in [-0.15, -0.1) is 24.1 Å². The lowest BCUT2D eigenvalue weighted by atomic mass is 10.2. The van der Waals surface area contributed by atoms with Gasteiger partial charge in [-0.25, -0.2) is 0 Å². The molecule has 1 heterocycles. The van der Waals surface area contributed by atoms with Gasteiger partial charge in [-0.05, 0) is 12.8 Å². The van der Waals surface area contributed by atoms with Gasteiger partial charge in [0.25, 0.3) is 0 Å². The van der Waals surface area contributed by atoms with Gasteiger partial charge in [0.05, 0.1) is 11.5 Å². The van der Waals surface area contributed by atoms with Gasteiger partial charge in [-0.3, -0.25) is 14.5 Å². The minimum Gasteiger partial charge on any atom is -0.281 e. The van der Waals surface area contributed by atoms with Crippen molar-refractivity contribution in [1.82, 2.24) is 4.90 Å². The second-order valence-electron chi connectivity index (χ2n) is 3.09. The highest BCUT2D eigenvalue weighted by Gasteiger charge is 2.25. The lowest BCUT2D eigenvalue weighted by Crippen LogP contribution is -2.43. The van der Waals surface area contributed by atoms with Crippen molar-refractivity contribution in [3.8, 4) is 12.3 Å². The molecule has 1 fully saturated rings. The Labute approximate surface area is 88.2 Å². The minimum atomic E-state index is -0.0630. The fraction of sp³-hybridized carbons (Fsp3) is 0.600. The van der Waals surface area contributed by atoms with Crippen molar-refractivity contribution in [2.75, 3.05) is 18.1 Å². The Morgan fingerprint density at radius 3 is 2.50 bits per heavy atom. The molecule has 0 saturated carbocycles. The number of terminal acetylenes is 1. The van der Waals surface area contributed by atoms with Crippen molar-refractivity contribution in [3.63, 3.8) is 0 Å². The molecule has 0 aromatic carbocycles. The maximum absolute atomic E-state index is 11.3. The van der Waals surface area contributed by atoms with Gasteiger partial charge in [0.1, 0.15) is 0 Å². The summed E-state index contributed by atoms with van der Waals surface area (Å²) in [4.78, 5) is 24.0. The Morgan fingerprint density at radius 1 is 1.29 bits per heavy atom. The highest BCUT2D eigenvalue weighted by Crippen LogP contribution is 2.12. The van der Waals surface area contributed by atoms with E-state index in [0.717, 1.165) is 12.8 Å². The summed E-state index contributed by atoms with van der Waals surface area (Å²) in [5.74, 6) is 3.27. The van der Waals surface area contributed by atoms with E-state index in [4.69, 9.17) is 6.42 Å². The molecule has 1 aliphatic rings. The van der Waals surface area contributed by atoms with Crippen LogP contribution in [-0.2, 0) is 9.59 Å². The van der Waals surface area contributed by atoms with Crippen LogP contribution in [0.25, 0.3) is 0 Å². The molecule has 3 nitrogen and oxygen atoms in total. The van der Waals surface area contributed by atoms with Gasteiger partial charge in [-0.1, -0.05) is 0 Å². The van der Waals surface area contributed by atoms with Crippen LogP contribution >= 0.6 is 11.8 Å². The fourth-order valence-electron chi connectivity index (χ4n) is 1.27. The third-order valence-electron chi connectivity index (χ3n) is 2.01. The molecule has 4 heteroatoms. The highest BCUT2D eigenvalue weighted by atomic mass is 32.2. The number of hydrogen-bond donors (Lipinski definition) is 0. The molecule has 14 heavy (non-hydrogen) atoms. The van der Waals surface area contributed by atoms with E-state index in [1.165, 1.54) is 16.7 Å². The second-order valence-corrected chi connectivity index (χ2v) is 4.08. The molecular formula is C10H13NO2S. The first kappa shape index (κ1) is 11.1.